The van der Waals surface area contributed by atoms with Crippen LogP contribution in [-0.4, -0.2) is 5.84 Å². The molecule has 0 aromatic heterocycles. The van der Waals surface area contributed by atoms with Gasteiger partial charge in [-0.25, -0.2) is 0 Å². The lowest BCUT2D eigenvalue weighted by Crippen LogP contribution is -2.12. The zero-order valence-electron chi connectivity index (χ0n) is 11.4. The number of amidine groups is 1. The Bertz CT molecular complexity index is 633. The Morgan fingerprint density at radius 2 is 1.74 bits per heavy atom. The molecule has 0 fully saturated rings. The first-order valence-corrected chi connectivity index (χ1v) is 7.00. The third-order valence-corrected chi connectivity index (χ3v) is 4.44. The Morgan fingerprint density at radius 1 is 1.00 bits per heavy atom. The molecule has 0 saturated carbocycles. The van der Waals surface area contributed by atoms with Crippen molar-refractivity contribution in [3.63, 3.8) is 0 Å². The van der Waals surface area contributed by atoms with E-state index < -0.39 is 0 Å². The highest BCUT2D eigenvalue weighted by Crippen LogP contribution is 2.33. The van der Waals surface area contributed by atoms with E-state index in [1.165, 1.54) is 16.0 Å². The molecule has 19 heavy (non-hydrogen) atoms. The number of nitrogens with one attached hydrogen (secondary N) is 1. The fraction of sp³-hybridized carbons (Fsp3) is 0.188. The third-order valence-electron chi connectivity index (χ3n) is 3.20. The van der Waals surface area contributed by atoms with Crippen LogP contribution in [0.15, 0.2) is 46.2 Å². The minimum atomic E-state index is 0.120. The van der Waals surface area contributed by atoms with Crippen LogP contribution < -0.4 is 5.73 Å². The summed E-state index contributed by atoms with van der Waals surface area (Å²) in [5.41, 5.74) is 10.2. The highest BCUT2D eigenvalue weighted by molar-refractivity contribution is 7.99. The molecule has 0 aliphatic rings. The molecule has 2 aromatic rings. The first kappa shape index (κ1) is 13.7. The lowest BCUT2D eigenvalue weighted by atomic mass is 10.1. The van der Waals surface area contributed by atoms with Crippen molar-refractivity contribution in [1.82, 2.24) is 0 Å². The van der Waals surface area contributed by atoms with Gasteiger partial charge in [0.05, 0.1) is 0 Å². The van der Waals surface area contributed by atoms with Crippen molar-refractivity contribution < 1.29 is 0 Å². The fourth-order valence-electron chi connectivity index (χ4n) is 1.90. The zero-order chi connectivity index (χ0) is 14.0. The Kier molecular flexibility index (Phi) is 3.96. The van der Waals surface area contributed by atoms with Crippen LogP contribution in [0.3, 0.4) is 0 Å². The molecule has 2 nitrogen and oxygen atoms in total. The fourth-order valence-corrected chi connectivity index (χ4v) is 3.02. The van der Waals surface area contributed by atoms with E-state index in [1.54, 1.807) is 11.8 Å². The molecule has 3 N–H and O–H groups in total. The van der Waals surface area contributed by atoms with Crippen LogP contribution in [0.5, 0.6) is 0 Å². The number of nitrogens with two attached hydrogens (primary N) is 1. The van der Waals surface area contributed by atoms with Gasteiger partial charge in [-0.2, -0.15) is 0 Å². The van der Waals surface area contributed by atoms with Crippen LogP contribution >= 0.6 is 11.8 Å². The predicted octanol–water partition coefficient (Wildman–Crippen LogP) is 4.05. The summed E-state index contributed by atoms with van der Waals surface area (Å²) in [5, 5.41) is 7.68. The zero-order valence-corrected chi connectivity index (χ0v) is 12.3. The Hall–Kier alpha value is -1.74. The van der Waals surface area contributed by atoms with E-state index in [0.717, 1.165) is 16.0 Å². The van der Waals surface area contributed by atoms with Gasteiger partial charge in [-0.05, 0) is 49.6 Å². The van der Waals surface area contributed by atoms with Crippen LogP contribution in [0.4, 0.5) is 0 Å². The highest BCUT2D eigenvalue weighted by atomic mass is 32.2. The van der Waals surface area contributed by atoms with Gasteiger partial charge in [0.1, 0.15) is 5.84 Å². The molecule has 0 saturated heterocycles. The molecule has 2 rings (SSSR count). The molecule has 98 valence electrons. The van der Waals surface area contributed by atoms with E-state index >= 15 is 0 Å². The molecule has 0 radical (unpaired) electrons. The van der Waals surface area contributed by atoms with Gasteiger partial charge in [0, 0.05) is 15.4 Å². The van der Waals surface area contributed by atoms with Crippen LogP contribution in [-0.2, 0) is 0 Å². The van der Waals surface area contributed by atoms with Crippen molar-refractivity contribution in [3.05, 3.63) is 58.7 Å². The maximum absolute atomic E-state index is 7.68. The SMILES string of the molecule is Cc1ccc(Sc2c(C)cccc2C(=N)N)cc1C. The molecule has 0 amide bonds. The number of rotatable bonds is 3. The van der Waals surface area contributed by atoms with Crippen molar-refractivity contribution in [3.8, 4) is 0 Å². The van der Waals surface area contributed by atoms with Crippen molar-refractivity contribution in [2.75, 3.05) is 0 Å². The largest absolute Gasteiger partial charge is 0.384 e. The molecule has 0 aliphatic carbocycles. The van der Waals surface area contributed by atoms with Gasteiger partial charge in [-0.15, -0.1) is 0 Å². The van der Waals surface area contributed by atoms with Gasteiger partial charge < -0.3 is 5.73 Å². The maximum Gasteiger partial charge on any atom is 0.123 e. The number of aryl methyl sites for hydroxylation is 3. The van der Waals surface area contributed by atoms with Gasteiger partial charge in [0.15, 0.2) is 0 Å². The molecule has 0 bridgehead atoms. The van der Waals surface area contributed by atoms with Crippen molar-refractivity contribution in [1.29, 1.82) is 5.41 Å². The maximum atomic E-state index is 7.68. The van der Waals surface area contributed by atoms with Gasteiger partial charge >= 0.3 is 0 Å². The quantitative estimate of drug-likeness (QED) is 0.653. The molecule has 2 aromatic carbocycles. The third kappa shape index (κ3) is 2.99. The standard InChI is InChI=1S/C16H18N2S/c1-10-7-8-13(9-12(10)3)19-15-11(2)5-4-6-14(15)16(17)18/h4-9H,1-3H3,(H3,17,18). The molecule has 0 heterocycles. The van der Waals surface area contributed by atoms with Gasteiger partial charge in [-0.3, -0.25) is 5.41 Å². The summed E-state index contributed by atoms with van der Waals surface area (Å²) < 4.78 is 0. The van der Waals surface area contributed by atoms with Crippen molar-refractivity contribution in [2.45, 2.75) is 30.6 Å². The topological polar surface area (TPSA) is 49.9 Å². The molecule has 0 spiro atoms. The summed E-state index contributed by atoms with van der Waals surface area (Å²) in [7, 11) is 0. The van der Waals surface area contributed by atoms with E-state index in [2.05, 4.69) is 45.0 Å². The second-order valence-electron chi connectivity index (χ2n) is 4.71. The number of nitrogen functional groups attached to an aromatic ring is 1. The van der Waals surface area contributed by atoms with Crippen molar-refractivity contribution in [2.24, 2.45) is 5.73 Å². The second kappa shape index (κ2) is 5.49. The van der Waals surface area contributed by atoms with Crippen LogP contribution in [0.2, 0.25) is 0 Å². The Morgan fingerprint density at radius 3 is 2.37 bits per heavy atom. The molecule has 3 heteroatoms. The average Bonchev–Trinajstić information content (AvgIpc) is 2.36. The number of hydrogen-bond acceptors (Lipinski definition) is 2. The van der Waals surface area contributed by atoms with E-state index in [4.69, 9.17) is 11.1 Å². The average molecular weight is 270 g/mol. The summed E-state index contributed by atoms with van der Waals surface area (Å²) in [6.45, 7) is 6.28. The first-order valence-electron chi connectivity index (χ1n) is 6.18. The Balaban J connectivity index is 2.42. The highest BCUT2D eigenvalue weighted by Gasteiger charge is 2.10. The van der Waals surface area contributed by atoms with E-state index in [9.17, 15) is 0 Å². The molecule has 0 unspecified atom stereocenters. The summed E-state index contributed by atoms with van der Waals surface area (Å²) in [4.78, 5) is 2.25. The minimum absolute atomic E-state index is 0.120. The minimum Gasteiger partial charge on any atom is -0.384 e. The lowest BCUT2D eigenvalue weighted by molar-refractivity contribution is 1.24. The number of hydrogen-bond donors (Lipinski definition) is 2. The summed E-state index contributed by atoms with van der Waals surface area (Å²) in [6, 6.07) is 12.3. The van der Waals surface area contributed by atoms with E-state index in [0.29, 0.717) is 0 Å². The number of benzene rings is 2. The summed E-state index contributed by atoms with van der Waals surface area (Å²) in [5.74, 6) is 0.120. The van der Waals surface area contributed by atoms with Crippen LogP contribution in [0.1, 0.15) is 22.3 Å². The molecule has 0 aliphatic heterocycles. The van der Waals surface area contributed by atoms with Gasteiger partial charge in [0.25, 0.3) is 0 Å². The second-order valence-corrected chi connectivity index (χ2v) is 5.80. The van der Waals surface area contributed by atoms with Gasteiger partial charge in [0.2, 0.25) is 0 Å². The smallest absolute Gasteiger partial charge is 0.123 e. The van der Waals surface area contributed by atoms with Crippen molar-refractivity contribution >= 4 is 17.6 Å². The molecular weight excluding hydrogens is 252 g/mol. The van der Waals surface area contributed by atoms with E-state index in [-0.39, 0.29) is 5.84 Å². The monoisotopic (exact) mass is 270 g/mol. The summed E-state index contributed by atoms with van der Waals surface area (Å²) >= 11 is 1.67. The summed E-state index contributed by atoms with van der Waals surface area (Å²) in [6.07, 6.45) is 0. The van der Waals surface area contributed by atoms with Crippen LogP contribution in [0.25, 0.3) is 0 Å². The Labute approximate surface area is 118 Å². The predicted molar refractivity (Wildman–Crippen MR) is 82.2 cm³/mol. The van der Waals surface area contributed by atoms with E-state index in [1.807, 2.05) is 12.1 Å². The van der Waals surface area contributed by atoms with Gasteiger partial charge in [-0.1, -0.05) is 36.0 Å². The lowest BCUT2D eigenvalue weighted by Gasteiger charge is -2.12. The molecular formula is C16H18N2S. The first-order chi connectivity index (χ1) is 8.99. The molecule has 0 atom stereocenters. The van der Waals surface area contributed by atoms with Crippen LogP contribution in [0, 0.1) is 26.2 Å². The normalized spacial score (nSPS) is 10.5.